The van der Waals surface area contributed by atoms with Crippen LogP contribution < -0.4 is 28.1 Å². The van der Waals surface area contributed by atoms with Gasteiger partial charge in [0, 0.05) is 67.8 Å². The van der Waals surface area contributed by atoms with Gasteiger partial charge in [-0.15, -0.1) is 5.10 Å². The molecular weight excluding hydrogens is 878 g/mol. The summed E-state index contributed by atoms with van der Waals surface area (Å²) >= 11 is 0. The molecule has 0 spiro atoms. The Kier molecular flexibility index (Phi) is 12.5. The van der Waals surface area contributed by atoms with Crippen LogP contribution in [0.1, 0.15) is 40.3 Å². The molecule has 0 bridgehead atoms. The van der Waals surface area contributed by atoms with Gasteiger partial charge in [-0.25, -0.2) is 23.6 Å². The molecule has 25 heteroatoms. The van der Waals surface area contributed by atoms with Crippen molar-refractivity contribution in [1.82, 2.24) is 34.1 Å². The van der Waals surface area contributed by atoms with E-state index in [1.54, 1.807) is 26.0 Å². The highest BCUT2D eigenvalue weighted by Gasteiger charge is 2.50. The number of hydrogen-bond acceptors (Lipinski definition) is 19. The SMILES string of the molecule is [2H]C[C@H]1O[C@@H](n2ccc(=O)[nH]c2=O)[C@@H](C)C1OP(=O)(OC[C@H]1O[C@@H](n2ccc(=O)[nH]c2=O)[C@@H](OC)C1C)OC1CSSC[C@H]1OCc1cn(-c2cc3ccc(O)cc3oc2=O)nn1. The highest BCUT2D eigenvalue weighted by Crippen LogP contribution is 2.57. The van der Waals surface area contributed by atoms with Gasteiger partial charge in [0.05, 0.1) is 37.7 Å². The lowest BCUT2D eigenvalue weighted by atomic mass is 10.0. The Morgan fingerprint density at radius 1 is 0.919 bits per heavy atom. The van der Waals surface area contributed by atoms with Crippen LogP contribution in [0, 0.1) is 11.8 Å². The van der Waals surface area contributed by atoms with E-state index in [9.17, 15) is 29.1 Å². The first-order valence-electron chi connectivity index (χ1n) is 19.9. The van der Waals surface area contributed by atoms with E-state index in [-0.39, 0.29) is 36.3 Å². The third-order valence-corrected chi connectivity index (χ3v) is 14.6. The van der Waals surface area contributed by atoms with Crippen molar-refractivity contribution < 1.29 is 48.0 Å². The number of methoxy groups -OCH3 is 1. The number of benzene rings is 1. The predicted molar refractivity (Wildman–Crippen MR) is 221 cm³/mol. The molecule has 4 aromatic heterocycles. The zero-order chi connectivity index (χ0) is 44.6. The number of H-pyrrole nitrogens is 2. The van der Waals surface area contributed by atoms with Gasteiger partial charge in [-0.3, -0.25) is 42.3 Å². The van der Waals surface area contributed by atoms with Crippen LogP contribution in [0.3, 0.4) is 0 Å². The van der Waals surface area contributed by atoms with Gasteiger partial charge in [-0.2, -0.15) is 0 Å². The highest BCUT2D eigenvalue weighted by molar-refractivity contribution is 8.76. The molecule has 0 saturated carbocycles. The van der Waals surface area contributed by atoms with Crippen molar-refractivity contribution in [2.75, 3.05) is 25.2 Å². The Morgan fingerprint density at radius 2 is 1.63 bits per heavy atom. The number of aromatic amines is 2. The fourth-order valence-corrected chi connectivity index (χ4v) is 11.6. The number of nitrogens with one attached hydrogen (secondary N) is 2. The third kappa shape index (κ3) is 9.21. The average Bonchev–Trinajstić information content (AvgIpc) is 3.94. The monoisotopic (exact) mass is 920 g/mol. The smallest absolute Gasteiger partial charge is 0.475 e. The fourth-order valence-electron chi connectivity index (χ4n) is 7.40. The third-order valence-electron chi connectivity index (χ3n) is 10.7. The van der Waals surface area contributed by atoms with Gasteiger partial charge >= 0.3 is 24.8 Å². The standard InChI is InChI=1S/C37H42N7O15PS2/c1-18-26(56-34(32(18)52-4)43-10-8-30(47)39-37(43)50)15-54-60(51,59-31-19(2)33(55-20(31)3)42-9-7-29(46)38-36(42)49)58-28-17-62-61-16-27(28)53-14-22-13-44(41-40-22)24-11-21-5-6-23(45)12-25(21)57-35(24)48/h5-13,18-20,26-28,31-34,45H,14-17H2,1-4H3,(H,38,46,49)(H,39,47,50)/t18?,19-,20+,26+,27+,28?,31?,32-,33+,34+,60?/m0/s1/i3D. The van der Waals surface area contributed by atoms with Crippen molar-refractivity contribution in [2.24, 2.45) is 11.8 Å². The van der Waals surface area contributed by atoms with Crippen LogP contribution >= 0.6 is 29.4 Å². The van der Waals surface area contributed by atoms with Gasteiger partial charge in [0.15, 0.2) is 11.9 Å². The summed E-state index contributed by atoms with van der Waals surface area (Å²) in [6, 6.07) is 8.25. The lowest BCUT2D eigenvalue weighted by molar-refractivity contribution is -0.0710. The number of ether oxygens (including phenoxy) is 4. The molecule has 7 heterocycles. The molecule has 3 fully saturated rings. The number of nitrogens with zero attached hydrogens (tertiary/aromatic N) is 5. The van der Waals surface area contributed by atoms with Crippen molar-refractivity contribution in [3.63, 3.8) is 0 Å². The largest absolute Gasteiger partial charge is 0.508 e. The molecule has 5 aromatic rings. The first kappa shape index (κ1) is 42.7. The van der Waals surface area contributed by atoms with Crippen LogP contribution in [-0.2, 0) is 43.7 Å². The van der Waals surface area contributed by atoms with E-state index in [1.807, 2.05) is 0 Å². The summed E-state index contributed by atoms with van der Waals surface area (Å²) in [7, 11) is -0.352. The zero-order valence-electron chi connectivity index (χ0n) is 34.2. The number of aromatic nitrogens is 7. The van der Waals surface area contributed by atoms with Crippen molar-refractivity contribution in [1.29, 1.82) is 0 Å². The summed E-state index contributed by atoms with van der Waals surface area (Å²) in [5.41, 5.74) is -2.79. The highest BCUT2D eigenvalue weighted by atomic mass is 33.1. The number of phenolic OH excluding ortho intramolecular Hbond substituents is 1. The maximum absolute atomic E-state index is 15.1. The minimum atomic E-state index is -4.72. The van der Waals surface area contributed by atoms with E-state index >= 15 is 4.57 Å². The first-order chi connectivity index (χ1) is 30.2. The molecule has 11 atom stereocenters. The molecule has 8 rings (SSSR count). The number of fused-ring (bicyclic) bond motifs is 1. The van der Waals surface area contributed by atoms with E-state index in [4.69, 9.17) is 38.3 Å². The van der Waals surface area contributed by atoms with Gasteiger partial charge in [0.1, 0.15) is 41.6 Å². The Balaban J connectivity index is 1.03. The number of phosphoric acid groups is 1. The van der Waals surface area contributed by atoms with E-state index < -0.39 is 103 Å². The molecule has 0 amide bonds. The van der Waals surface area contributed by atoms with Crippen LogP contribution in [0.25, 0.3) is 16.7 Å². The molecule has 4 unspecified atom stereocenters. The van der Waals surface area contributed by atoms with Gasteiger partial charge in [-0.1, -0.05) is 40.6 Å². The summed E-state index contributed by atoms with van der Waals surface area (Å²) in [5, 5.41) is 18.5. The van der Waals surface area contributed by atoms with Crippen LogP contribution in [-0.4, -0.2) is 101 Å². The number of rotatable bonds is 14. The summed E-state index contributed by atoms with van der Waals surface area (Å²) in [6.07, 6.45) is -3.32. The topological polar surface area (TPSA) is 273 Å². The minimum absolute atomic E-state index is 0.0582. The minimum Gasteiger partial charge on any atom is -0.508 e. The number of aromatic hydroxyl groups is 1. The van der Waals surface area contributed by atoms with Gasteiger partial charge in [-0.05, 0) is 25.1 Å². The number of hydrogen-bond donors (Lipinski definition) is 3. The zero-order valence-corrected chi connectivity index (χ0v) is 35.7. The lowest BCUT2D eigenvalue weighted by Gasteiger charge is -2.34. The molecule has 62 heavy (non-hydrogen) atoms. The Bertz CT molecular complexity index is 2800. The lowest BCUT2D eigenvalue weighted by Crippen LogP contribution is -2.38. The second kappa shape index (κ2) is 18.2. The van der Waals surface area contributed by atoms with E-state index in [0.29, 0.717) is 16.8 Å². The normalized spacial score (nSPS) is 28.9. The van der Waals surface area contributed by atoms with Crippen molar-refractivity contribution in [3.8, 4) is 11.4 Å². The molecule has 3 N–H and O–H groups in total. The molecule has 1 aromatic carbocycles. The molecule has 22 nitrogen and oxygen atoms in total. The predicted octanol–water partition coefficient (Wildman–Crippen LogP) is 2.46. The molecule has 3 aliphatic heterocycles. The molecule has 3 saturated heterocycles. The molecule has 3 aliphatic rings. The Morgan fingerprint density at radius 3 is 2.32 bits per heavy atom. The Labute approximate surface area is 359 Å². The maximum Gasteiger partial charge on any atom is 0.475 e. The molecule has 332 valence electrons. The molecule has 0 aliphatic carbocycles. The summed E-state index contributed by atoms with van der Waals surface area (Å²) in [5.74, 6) is -0.618. The first-order valence-corrected chi connectivity index (χ1v) is 23.1. The Hall–Kier alpha value is -4.62. The van der Waals surface area contributed by atoms with Crippen LogP contribution in [0.5, 0.6) is 5.75 Å². The van der Waals surface area contributed by atoms with Gasteiger partial charge < -0.3 is 28.5 Å². The van der Waals surface area contributed by atoms with Crippen LogP contribution in [0.2, 0.25) is 0 Å². The molecule has 0 radical (unpaired) electrons. The summed E-state index contributed by atoms with van der Waals surface area (Å²) in [6.45, 7) is 2.59. The average molecular weight is 921 g/mol. The molecular formula is C37H42N7O15PS2. The maximum atomic E-state index is 15.1. The quantitative estimate of drug-likeness (QED) is 0.0820. The number of phosphoric ester groups is 1. The van der Waals surface area contributed by atoms with Gasteiger partial charge in [0.2, 0.25) is 0 Å². The second-order valence-electron chi connectivity index (χ2n) is 14.8. The summed E-state index contributed by atoms with van der Waals surface area (Å²) in [4.78, 5) is 66.3. The second-order valence-corrected chi connectivity index (χ2v) is 18.9. The van der Waals surface area contributed by atoms with Gasteiger partial charge in [0.25, 0.3) is 11.1 Å². The van der Waals surface area contributed by atoms with E-state index in [2.05, 4.69) is 20.3 Å². The van der Waals surface area contributed by atoms with Crippen molar-refractivity contribution in [2.45, 2.75) is 76.4 Å². The van der Waals surface area contributed by atoms with Crippen LogP contribution in [0.4, 0.5) is 0 Å². The number of phenols is 1. The van der Waals surface area contributed by atoms with Crippen LogP contribution in [0.15, 0.2) is 83.4 Å². The van der Waals surface area contributed by atoms with Crippen molar-refractivity contribution >= 4 is 40.4 Å². The van der Waals surface area contributed by atoms with E-state index in [1.165, 1.54) is 74.7 Å². The fraction of sp³-hybridized carbons (Fsp3) is 0.486. The summed E-state index contributed by atoms with van der Waals surface area (Å²) < 4.78 is 75.3. The van der Waals surface area contributed by atoms with Crippen molar-refractivity contribution in [3.05, 3.63) is 113 Å². The van der Waals surface area contributed by atoms with E-state index in [0.717, 1.165) is 10.6 Å².